The Morgan fingerprint density at radius 3 is 2.40 bits per heavy atom. The second-order valence-corrected chi connectivity index (χ2v) is 5.14. The molecule has 0 saturated heterocycles. The molecule has 112 valence electrons. The number of carbonyl (C=O) groups is 1. The van der Waals surface area contributed by atoms with Gasteiger partial charge < -0.3 is 15.8 Å². The first-order valence-electron chi connectivity index (χ1n) is 6.40. The third-order valence-corrected chi connectivity index (χ3v) is 2.92. The van der Waals surface area contributed by atoms with Crippen LogP contribution in [0.15, 0.2) is 18.2 Å². The second kappa shape index (κ2) is 6.65. The van der Waals surface area contributed by atoms with Gasteiger partial charge in [0.1, 0.15) is 0 Å². The standard InChI is InChI=1S/C14H20F2N2O2/c1-9(2)18-14(3,13(17)19)7-8-20-12-10(15)5-4-6-11(12)16/h4-6,9,18H,7-8H2,1-3H3,(H2,17,19). The van der Waals surface area contributed by atoms with Crippen LogP contribution in [-0.2, 0) is 4.79 Å². The highest BCUT2D eigenvalue weighted by atomic mass is 19.1. The van der Waals surface area contributed by atoms with Gasteiger partial charge in [0.05, 0.1) is 12.1 Å². The summed E-state index contributed by atoms with van der Waals surface area (Å²) in [6.45, 7) is 5.35. The quantitative estimate of drug-likeness (QED) is 0.805. The number of nitrogens with two attached hydrogens (primary N) is 1. The summed E-state index contributed by atoms with van der Waals surface area (Å²) < 4.78 is 31.8. The lowest BCUT2D eigenvalue weighted by atomic mass is 9.96. The van der Waals surface area contributed by atoms with Gasteiger partial charge in [-0.25, -0.2) is 8.78 Å². The minimum absolute atomic E-state index is 0.0307. The van der Waals surface area contributed by atoms with Gasteiger partial charge in [0, 0.05) is 12.5 Å². The van der Waals surface area contributed by atoms with E-state index in [1.165, 1.54) is 6.07 Å². The molecule has 6 heteroatoms. The number of hydrogen-bond acceptors (Lipinski definition) is 3. The molecule has 1 rings (SSSR count). The van der Waals surface area contributed by atoms with E-state index in [1.54, 1.807) is 6.92 Å². The molecule has 0 fully saturated rings. The highest BCUT2D eigenvalue weighted by Gasteiger charge is 2.31. The molecule has 1 aromatic rings. The first kappa shape index (κ1) is 16.4. The molecular weight excluding hydrogens is 266 g/mol. The van der Waals surface area contributed by atoms with E-state index in [-0.39, 0.29) is 19.1 Å². The highest BCUT2D eigenvalue weighted by Crippen LogP contribution is 2.22. The first-order valence-corrected chi connectivity index (χ1v) is 6.40. The van der Waals surface area contributed by atoms with E-state index >= 15 is 0 Å². The van der Waals surface area contributed by atoms with Crippen LogP contribution >= 0.6 is 0 Å². The summed E-state index contributed by atoms with van der Waals surface area (Å²) in [5.74, 6) is -2.53. The first-order chi connectivity index (χ1) is 9.26. The van der Waals surface area contributed by atoms with Crippen molar-refractivity contribution in [3.8, 4) is 5.75 Å². The van der Waals surface area contributed by atoms with Crippen LogP contribution in [0.25, 0.3) is 0 Å². The van der Waals surface area contributed by atoms with Gasteiger partial charge in [0.15, 0.2) is 17.4 Å². The molecule has 1 unspecified atom stereocenters. The Balaban J connectivity index is 2.68. The van der Waals surface area contributed by atoms with Crippen molar-refractivity contribution in [1.29, 1.82) is 0 Å². The molecule has 3 N–H and O–H groups in total. The lowest BCUT2D eigenvalue weighted by Crippen LogP contribution is -2.56. The Morgan fingerprint density at radius 1 is 1.40 bits per heavy atom. The SMILES string of the molecule is CC(C)NC(C)(CCOc1c(F)cccc1F)C(N)=O. The summed E-state index contributed by atoms with van der Waals surface area (Å²) >= 11 is 0. The normalized spacial score (nSPS) is 14.1. The molecule has 4 nitrogen and oxygen atoms in total. The number of amides is 1. The number of nitrogens with one attached hydrogen (secondary N) is 1. The van der Waals surface area contributed by atoms with Crippen molar-refractivity contribution in [3.05, 3.63) is 29.8 Å². The van der Waals surface area contributed by atoms with Gasteiger partial charge in [0.25, 0.3) is 0 Å². The molecule has 0 saturated carbocycles. The molecule has 0 aromatic heterocycles. The zero-order valence-electron chi connectivity index (χ0n) is 11.9. The lowest BCUT2D eigenvalue weighted by molar-refractivity contribution is -0.124. The van der Waals surface area contributed by atoms with E-state index in [9.17, 15) is 13.6 Å². The van der Waals surface area contributed by atoms with Crippen molar-refractivity contribution in [2.75, 3.05) is 6.61 Å². The van der Waals surface area contributed by atoms with Crippen molar-refractivity contribution in [2.24, 2.45) is 5.73 Å². The van der Waals surface area contributed by atoms with Gasteiger partial charge in [-0.3, -0.25) is 4.79 Å². The van der Waals surface area contributed by atoms with Crippen LogP contribution < -0.4 is 15.8 Å². The summed E-state index contributed by atoms with van der Waals surface area (Å²) in [5.41, 5.74) is 4.36. The van der Waals surface area contributed by atoms with E-state index in [2.05, 4.69) is 5.32 Å². The fourth-order valence-electron chi connectivity index (χ4n) is 1.88. The molecule has 20 heavy (non-hydrogen) atoms. The fraction of sp³-hybridized carbons (Fsp3) is 0.500. The predicted octanol–water partition coefficient (Wildman–Crippen LogP) is 1.98. The molecule has 0 aliphatic rings. The molecule has 0 spiro atoms. The summed E-state index contributed by atoms with van der Waals surface area (Å²) in [6.07, 6.45) is 0.203. The number of primary amides is 1. The van der Waals surface area contributed by atoms with E-state index < -0.39 is 28.8 Å². The van der Waals surface area contributed by atoms with Gasteiger partial charge in [-0.05, 0) is 32.9 Å². The number of para-hydroxylation sites is 1. The van der Waals surface area contributed by atoms with E-state index in [0.29, 0.717) is 0 Å². The van der Waals surface area contributed by atoms with Crippen LogP contribution in [0.2, 0.25) is 0 Å². The molecular formula is C14H20F2N2O2. The van der Waals surface area contributed by atoms with Crippen LogP contribution in [0, 0.1) is 11.6 Å². The summed E-state index contributed by atoms with van der Waals surface area (Å²) in [5, 5.41) is 3.03. The molecule has 1 aromatic carbocycles. The van der Waals surface area contributed by atoms with Crippen molar-refractivity contribution >= 4 is 5.91 Å². The molecule has 0 bridgehead atoms. The second-order valence-electron chi connectivity index (χ2n) is 5.14. The van der Waals surface area contributed by atoms with Crippen LogP contribution in [0.5, 0.6) is 5.75 Å². The summed E-state index contributed by atoms with van der Waals surface area (Å²) in [4.78, 5) is 11.5. The van der Waals surface area contributed by atoms with Crippen LogP contribution in [-0.4, -0.2) is 24.1 Å². The average Bonchev–Trinajstić information content (AvgIpc) is 2.32. The molecule has 0 aliphatic heterocycles. The van der Waals surface area contributed by atoms with Crippen LogP contribution in [0.4, 0.5) is 8.78 Å². The van der Waals surface area contributed by atoms with Crippen molar-refractivity contribution in [1.82, 2.24) is 5.32 Å². The predicted molar refractivity (Wildman–Crippen MR) is 72.3 cm³/mol. The zero-order chi connectivity index (χ0) is 15.3. The summed E-state index contributed by atoms with van der Waals surface area (Å²) in [6, 6.07) is 3.51. The number of halogens is 2. The summed E-state index contributed by atoms with van der Waals surface area (Å²) in [7, 11) is 0. The van der Waals surface area contributed by atoms with Crippen molar-refractivity contribution in [2.45, 2.75) is 38.8 Å². The number of ether oxygens (including phenoxy) is 1. The van der Waals surface area contributed by atoms with Crippen LogP contribution in [0.3, 0.4) is 0 Å². The third kappa shape index (κ3) is 4.16. The van der Waals surface area contributed by atoms with Gasteiger partial charge in [-0.1, -0.05) is 6.07 Å². The minimum atomic E-state index is -0.990. The largest absolute Gasteiger partial charge is 0.488 e. The van der Waals surface area contributed by atoms with Gasteiger partial charge in [-0.15, -0.1) is 0 Å². The Morgan fingerprint density at radius 2 is 1.95 bits per heavy atom. The van der Waals surface area contributed by atoms with Crippen LogP contribution in [0.1, 0.15) is 27.2 Å². The maximum atomic E-state index is 13.4. The van der Waals surface area contributed by atoms with Crippen molar-refractivity contribution in [3.63, 3.8) is 0 Å². The van der Waals surface area contributed by atoms with E-state index in [1.807, 2.05) is 13.8 Å². The highest BCUT2D eigenvalue weighted by molar-refractivity contribution is 5.84. The maximum Gasteiger partial charge on any atom is 0.237 e. The molecule has 0 aliphatic carbocycles. The Bertz CT molecular complexity index is 460. The average molecular weight is 286 g/mol. The Labute approximate surface area is 117 Å². The van der Waals surface area contributed by atoms with Crippen molar-refractivity contribution < 1.29 is 18.3 Å². The molecule has 0 radical (unpaired) electrons. The smallest absolute Gasteiger partial charge is 0.237 e. The topological polar surface area (TPSA) is 64.3 Å². The third-order valence-electron chi connectivity index (χ3n) is 2.92. The molecule has 1 amide bonds. The number of rotatable bonds is 7. The maximum absolute atomic E-state index is 13.4. The minimum Gasteiger partial charge on any atom is -0.488 e. The fourth-order valence-corrected chi connectivity index (χ4v) is 1.88. The van der Waals surface area contributed by atoms with Gasteiger partial charge >= 0.3 is 0 Å². The molecule has 0 heterocycles. The Kier molecular flexibility index (Phi) is 5.44. The zero-order valence-corrected chi connectivity index (χ0v) is 11.9. The van der Waals surface area contributed by atoms with Gasteiger partial charge in [-0.2, -0.15) is 0 Å². The number of benzene rings is 1. The lowest BCUT2D eigenvalue weighted by Gasteiger charge is -2.29. The van der Waals surface area contributed by atoms with E-state index in [4.69, 9.17) is 10.5 Å². The monoisotopic (exact) mass is 286 g/mol. The van der Waals surface area contributed by atoms with E-state index in [0.717, 1.165) is 12.1 Å². The molecule has 1 atom stereocenters. The van der Waals surface area contributed by atoms with Gasteiger partial charge in [0.2, 0.25) is 5.91 Å². The number of hydrogen-bond donors (Lipinski definition) is 2. The Hall–Kier alpha value is -1.69. The number of carbonyl (C=O) groups excluding carboxylic acids is 1.